The van der Waals surface area contributed by atoms with Gasteiger partial charge in [-0.1, -0.05) is 11.6 Å². The van der Waals surface area contributed by atoms with Gasteiger partial charge in [0.1, 0.15) is 17.8 Å². The second kappa shape index (κ2) is 6.22. The molecule has 1 heterocycles. The van der Waals surface area contributed by atoms with Crippen LogP contribution in [-0.4, -0.2) is 17.2 Å². The van der Waals surface area contributed by atoms with Gasteiger partial charge in [-0.3, -0.25) is 0 Å². The van der Waals surface area contributed by atoms with Crippen molar-refractivity contribution in [2.45, 2.75) is 13.0 Å². The van der Waals surface area contributed by atoms with Crippen molar-refractivity contribution in [3.05, 3.63) is 53.8 Å². The number of ether oxygens (including phenoxy) is 2. The summed E-state index contributed by atoms with van der Waals surface area (Å²) in [6, 6.07) is 12.0. The molecule has 1 N–H and O–H groups in total. The maximum Gasteiger partial charge on any atom is 0.344 e. The summed E-state index contributed by atoms with van der Waals surface area (Å²) in [7, 11) is 0. The smallest absolute Gasteiger partial charge is 0.344 e. The van der Waals surface area contributed by atoms with Crippen molar-refractivity contribution in [2.75, 3.05) is 0 Å². The predicted octanol–water partition coefficient (Wildman–Crippen LogP) is 4.73. The number of fused-ring (bicyclic) bond motifs is 1. The van der Waals surface area contributed by atoms with Crippen LogP contribution in [0.5, 0.6) is 17.4 Å². The molecule has 0 saturated heterocycles. The fraction of sp³-hybridized carbons (Fsp3) is 0.118. The van der Waals surface area contributed by atoms with Crippen LogP contribution in [0.3, 0.4) is 0 Å². The molecule has 6 heteroatoms. The average molecular weight is 333 g/mol. The molecule has 0 saturated carbocycles. The van der Waals surface area contributed by atoms with Crippen LogP contribution in [0.25, 0.3) is 10.8 Å². The minimum atomic E-state index is -1.02. The van der Waals surface area contributed by atoms with Crippen molar-refractivity contribution in [1.82, 2.24) is 0 Å². The Kier molecular flexibility index (Phi) is 4.12. The Hall–Kier alpha value is -2.66. The standard InChI is InChI=1S/C17H13ClO5/c1-10(16(19)20)22-13-4-6-14(7-5-13)23-17-15-8-12(18)3-2-11(15)9-21-17/h2-10H,1H3,(H,19,20). The van der Waals surface area contributed by atoms with Gasteiger partial charge < -0.3 is 19.0 Å². The predicted molar refractivity (Wildman–Crippen MR) is 85.5 cm³/mol. The van der Waals surface area contributed by atoms with E-state index in [0.29, 0.717) is 22.5 Å². The molecule has 0 bridgehead atoms. The summed E-state index contributed by atoms with van der Waals surface area (Å²) < 4.78 is 16.4. The molecule has 0 amide bonds. The van der Waals surface area contributed by atoms with Crippen LogP contribution < -0.4 is 9.47 Å². The highest BCUT2D eigenvalue weighted by Gasteiger charge is 2.13. The summed E-state index contributed by atoms with van der Waals surface area (Å²) in [4.78, 5) is 10.8. The van der Waals surface area contributed by atoms with Gasteiger partial charge in [0.2, 0.25) is 0 Å². The molecule has 23 heavy (non-hydrogen) atoms. The lowest BCUT2D eigenvalue weighted by Gasteiger charge is -2.10. The van der Waals surface area contributed by atoms with Crippen molar-refractivity contribution >= 4 is 28.3 Å². The van der Waals surface area contributed by atoms with Crippen molar-refractivity contribution in [2.24, 2.45) is 0 Å². The topological polar surface area (TPSA) is 68.9 Å². The maximum atomic E-state index is 10.8. The Balaban J connectivity index is 1.77. The monoisotopic (exact) mass is 332 g/mol. The number of rotatable bonds is 5. The van der Waals surface area contributed by atoms with Crippen LogP contribution >= 0.6 is 11.6 Å². The Morgan fingerprint density at radius 1 is 1.17 bits per heavy atom. The van der Waals surface area contributed by atoms with Crippen LogP contribution in [0.15, 0.2) is 53.1 Å². The number of carbonyl (C=O) groups is 1. The zero-order chi connectivity index (χ0) is 16.4. The molecule has 118 valence electrons. The quantitative estimate of drug-likeness (QED) is 0.731. The molecule has 1 aromatic heterocycles. The molecule has 3 aromatic rings. The van der Waals surface area contributed by atoms with E-state index in [1.807, 2.05) is 6.07 Å². The number of benzene rings is 2. The lowest BCUT2D eigenvalue weighted by Crippen LogP contribution is -2.22. The molecule has 3 rings (SSSR count). The normalized spacial score (nSPS) is 12.1. The highest BCUT2D eigenvalue weighted by Crippen LogP contribution is 2.34. The van der Waals surface area contributed by atoms with E-state index in [1.165, 1.54) is 6.92 Å². The van der Waals surface area contributed by atoms with E-state index in [1.54, 1.807) is 42.7 Å². The molecule has 1 atom stereocenters. The van der Waals surface area contributed by atoms with Gasteiger partial charge in [0.15, 0.2) is 6.10 Å². The Morgan fingerprint density at radius 3 is 2.57 bits per heavy atom. The first-order valence-corrected chi connectivity index (χ1v) is 7.25. The highest BCUT2D eigenvalue weighted by molar-refractivity contribution is 6.31. The number of hydrogen-bond donors (Lipinski definition) is 1. The van der Waals surface area contributed by atoms with Crippen LogP contribution in [-0.2, 0) is 4.79 Å². The van der Waals surface area contributed by atoms with Gasteiger partial charge in [0.05, 0.1) is 5.39 Å². The molecule has 1 unspecified atom stereocenters. The number of furan rings is 1. The van der Waals surface area contributed by atoms with Gasteiger partial charge in [-0.15, -0.1) is 0 Å². The molecule has 5 nitrogen and oxygen atoms in total. The Labute approximate surface area is 137 Å². The lowest BCUT2D eigenvalue weighted by atomic mass is 10.2. The second-order valence-corrected chi connectivity index (χ2v) is 5.36. The van der Waals surface area contributed by atoms with Gasteiger partial charge in [-0.05, 0) is 49.4 Å². The van der Waals surface area contributed by atoms with Gasteiger partial charge in [0.25, 0.3) is 5.95 Å². The van der Waals surface area contributed by atoms with E-state index in [0.717, 1.165) is 10.8 Å². The third-order valence-corrected chi connectivity index (χ3v) is 3.46. The van der Waals surface area contributed by atoms with Crippen LogP contribution in [0.1, 0.15) is 6.92 Å². The van der Waals surface area contributed by atoms with Crippen LogP contribution in [0, 0.1) is 0 Å². The first kappa shape index (κ1) is 15.2. The van der Waals surface area contributed by atoms with Gasteiger partial charge in [-0.2, -0.15) is 0 Å². The second-order valence-electron chi connectivity index (χ2n) is 4.93. The minimum Gasteiger partial charge on any atom is -0.479 e. The maximum absolute atomic E-state index is 10.8. The van der Waals surface area contributed by atoms with E-state index < -0.39 is 12.1 Å². The van der Waals surface area contributed by atoms with Crippen molar-refractivity contribution < 1.29 is 23.8 Å². The van der Waals surface area contributed by atoms with E-state index in [9.17, 15) is 4.79 Å². The fourth-order valence-electron chi connectivity index (χ4n) is 2.02. The number of halogens is 1. The number of carboxylic acid groups (broad SMARTS) is 1. The minimum absolute atomic E-state index is 0.343. The van der Waals surface area contributed by atoms with Crippen molar-refractivity contribution in [3.63, 3.8) is 0 Å². The van der Waals surface area contributed by atoms with E-state index in [-0.39, 0.29) is 0 Å². The van der Waals surface area contributed by atoms with Crippen LogP contribution in [0.4, 0.5) is 0 Å². The zero-order valence-corrected chi connectivity index (χ0v) is 12.9. The molecule has 0 aliphatic heterocycles. The van der Waals surface area contributed by atoms with Gasteiger partial charge in [-0.25, -0.2) is 4.79 Å². The zero-order valence-electron chi connectivity index (χ0n) is 12.2. The summed E-state index contributed by atoms with van der Waals surface area (Å²) >= 11 is 5.98. The first-order chi connectivity index (χ1) is 11.0. The lowest BCUT2D eigenvalue weighted by molar-refractivity contribution is -0.144. The number of carboxylic acids is 1. The first-order valence-electron chi connectivity index (χ1n) is 6.87. The third-order valence-electron chi connectivity index (χ3n) is 3.22. The third kappa shape index (κ3) is 3.40. The summed E-state index contributed by atoms with van der Waals surface area (Å²) in [5.41, 5.74) is 0. The molecular weight excluding hydrogens is 320 g/mol. The summed E-state index contributed by atoms with van der Waals surface area (Å²) in [6.45, 7) is 1.46. The molecule has 0 aliphatic rings. The SMILES string of the molecule is CC(Oc1ccc(Oc2occ3ccc(Cl)cc23)cc1)C(=O)O. The molecule has 0 aliphatic carbocycles. The molecular formula is C17H13ClO5. The molecule has 0 spiro atoms. The van der Waals surface area contributed by atoms with Gasteiger partial charge >= 0.3 is 5.97 Å². The summed E-state index contributed by atoms with van der Waals surface area (Å²) in [5, 5.41) is 11.1. The van der Waals surface area contributed by atoms with Crippen molar-refractivity contribution in [3.8, 4) is 17.4 Å². The molecule has 0 radical (unpaired) electrons. The van der Waals surface area contributed by atoms with E-state index >= 15 is 0 Å². The molecule has 0 fully saturated rings. The van der Waals surface area contributed by atoms with Gasteiger partial charge in [0, 0.05) is 10.4 Å². The summed E-state index contributed by atoms with van der Waals surface area (Å²) in [6.07, 6.45) is 0.672. The Morgan fingerprint density at radius 2 is 1.87 bits per heavy atom. The van der Waals surface area contributed by atoms with E-state index in [2.05, 4.69) is 0 Å². The largest absolute Gasteiger partial charge is 0.479 e. The highest BCUT2D eigenvalue weighted by atomic mass is 35.5. The van der Waals surface area contributed by atoms with Crippen molar-refractivity contribution in [1.29, 1.82) is 0 Å². The fourth-order valence-corrected chi connectivity index (χ4v) is 2.19. The average Bonchev–Trinajstić information content (AvgIpc) is 2.91. The number of hydrogen-bond acceptors (Lipinski definition) is 4. The Bertz CT molecular complexity index is 838. The summed E-state index contributed by atoms with van der Waals surface area (Å²) in [5.74, 6) is 0.301. The number of aliphatic carboxylic acids is 1. The van der Waals surface area contributed by atoms with E-state index in [4.69, 9.17) is 30.6 Å². The van der Waals surface area contributed by atoms with Crippen LogP contribution in [0.2, 0.25) is 5.02 Å². The molecule has 2 aromatic carbocycles.